The number of nitrogens with one attached hydrogen (secondary N) is 3. The Morgan fingerprint density at radius 3 is 2.58 bits per heavy atom. The number of furan rings is 1. The maximum Gasteiger partial charge on any atom is 0.354 e. The molecule has 3 rings (SSSR count). The Hall–Kier alpha value is -3.95. The van der Waals surface area contributed by atoms with Gasteiger partial charge in [0.05, 0.1) is 17.7 Å². The van der Waals surface area contributed by atoms with Crippen molar-refractivity contribution in [1.82, 2.24) is 15.4 Å². The third kappa shape index (κ3) is 3.93. The van der Waals surface area contributed by atoms with E-state index in [-0.39, 0.29) is 18.2 Å². The van der Waals surface area contributed by atoms with Gasteiger partial charge < -0.3 is 9.73 Å². The standard InChI is InChI=1S/C16H14N6O4/c23-16(11-5-2-1-3-6-11)21-20-15-13(22(24)25)14(18-10-19-15)17-9-12-7-4-8-26-12/h1-8,10H,9H2,(H,21,23)(H2,17,18,19,20). The quantitative estimate of drug-likeness (QED) is 0.434. The van der Waals surface area contributed by atoms with Crippen LogP contribution in [0, 0.1) is 10.1 Å². The van der Waals surface area contributed by atoms with Crippen molar-refractivity contribution >= 4 is 23.2 Å². The molecule has 0 bridgehead atoms. The van der Waals surface area contributed by atoms with Crippen molar-refractivity contribution in [2.75, 3.05) is 10.7 Å². The van der Waals surface area contributed by atoms with Crippen LogP contribution in [-0.2, 0) is 6.54 Å². The SMILES string of the molecule is O=C(NNc1ncnc(NCc2ccco2)c1[N+](=O)[O-])c1ccccc1. The van der Waals surface area contributed by atoms with E-state index in [4.69, 9.17) is 4.42 Å². The molecule has 3 N–H and O–H groups in total. The van der Waals surface area contributed by atoms with E-state index in [2.05, 4.69) is 26.1 Å². The number of nitrogens with zero attached hydrogens (tertiary/aromatic N) is 3. The highest BCUT2D eigenvalue weighted by atomic mass is 16.6. The molecule has 10 nitrogen and oxygen atoms in total. The van der Waals surface area contributed by atoms with Crippen LogP contribution in [0.15, 0.2) is 59.5 Å². The molecule has 26 heavy (non-hydrogen) atoms. The van der Waals surface area contributed by atoms with Gasteiger partial charge in [0.15, 0.2) is 0 Å². The summed E-state index contributed by atoms with van der Waals surface area (Å²) < 4.78 is 5.17. The van der Waals surface area contributed by atoms with Gasteiger partial charge in [0.1, 0.15) is 12.1 Å². The molecule has 2 aromatic heterocycles. The highest BCUT2D eigenvalue weighted by Crippen LogP contribution is 2.28. The second-order valence-corrected chi connectivity index (χ2v) is 5.05. The summed E-state index contributed by atoms with van der Waals surface area (Å²) >= 11 is 0. The Morgan fingerprint density at radius 1 is 1.12 bits per heavy atom. The van der Waals surface area contributed by atoms with Gasteiger partial charge >= 0.3 is 5.69 Å². The molecule has 0 spiro atoms. The Balaban J connectivity index is 1.75. The van der Waals surface area contributed by atoms with Crippen LogP contribution in [0.4, 0.5) is 17.3 Å². The van der Waals surface area contributed by atoms with E-state index in [0.29, 0.717) is 11.3 Å². The molecule has 0 saturated carbocycles. The first kappa shape index (κ1) is 16.9. The number of hydrazine groups is 1. The van der Waals surface area contributed by atoms with Gasteiger partial charge in [-0.2, -0.15) is 0 Å². The van der Waals surface area contributed by atoms with Gasteiger partial charge in [-0.15, -0.1) is 0 Å². The molecular weight excluding hydrogens is 340 g/mol. The fourth-order valence-electron chi connectivity index (χ4n) is 2.13. The fourth-order valence-corrected chi connectivity index (χ4v) is 2.13. The average molecular weight is 354 g/mol. The van der Waals surface area contributed by atoms with Crippen molar-refractivity contribution in [2.45, 2.75) is 6.54 Å². The highest BCUT2D eigenvalue weighted by molar-refractivity contribution is 5.95. The predicted molar refractivity (Wildman–Crippen MR) is 92.3 cm³/mol. The number of benzene rings is 1. The van der Waals surface area contributed by atoms with Crippen LogP contribution >= 0.6 is 0 Å². The maximum atomic E-state index is 12.1. The molecule has 1 aromatic carbocycles. The molecule has 0 aliphatic rings. The number of aromatic nitrogens is 2. The molecule has 1 amide bonds. The van der Waals surface area contributed by atoms with E-state index in [1.54, 1.807) is 42.5 Å². The molecule has 0 fully saturated rings. The monoisotopic (exact) mass is 354 g/mol. The summed E-state index contributed by atoms with van der Waals surface area (Å²) in [4.78, 5) is 30.6. The van der Waals surface area contributed by atoms with Crippen LogP contribution in [0.3, 0.4) is 0 Å². The lowest BCUT2D eigenvalue weighted by Gasteiger charge is -2.10. The Kier molecular flexibility index (Phi) is 5.03. The highest BCUT2D eigenvalue weighted by Gasteiger charge is 2.23. The van der Waals surface area contributed by atoms with Gasteiger partial charge in [-0.3, -0.25) is 25.8 Å². The minimum absolute atomic E-state index is 0.00198. The Morgan fingerprint density at radius 2 is 1.88 bits per heavy atom. The van der Waals surface area contributed by atoms with Crippen LogP contribution in [0.25, 0.3) is 0 Å². The number of amides is 1. The van der Waals surface area contributed by atoms with E-state index in [1.165, 1.54) is 6.26 Å². The van der Waals surface area contributed by atoms with Crippen LogP contribution < -0.4 is 16.2 Å². The topological polar surface area (TPSA) is 135 Å². The first-order valence-corrected chi connectivity index (χ1v) is 7.52. The van der Waals surface area contributed by atoms with Crippen LogP contribution in [-0.4, -0.2) is 20.8 Å². The van der Waals surface area contributed by atoms with Gasteiger partial charge in [-0.1, -0.05) is 18.2 Å². The summed E-state index contributed by atoms with van der Waals surface area (Å²) in [6.07, 6.45) is 2.64. The summed E-state index contributed by atoms with van der Waals surface area (Å²) in [5.41, 5.74) is 4.85. The zero-order valence-electron chi connectivity index (χ0n) is 13.4. The molecule has 10 heteroatoms. The fraction of sp³-hybridized carbons (Fsp3) is 0.0625. The molecule has 2 heterocycles. The summed E-state index contributed by atoms with van der Waals surface area (Å²) in [5.74, 6) is -0.0116. The van der Waals surface area contributed by atoms with Crippen molar-refractivity contribution in [3.05, 3.63) is 76.5 Å². The third-order valence-corrected chi connectivity index (χ3v) is 3.35. The lowest BCUT2D eigenvalue weighted by Crippen LogP contribution is -2.30. The first-order valence-electron chi connectivity index (χ1n) is 7.52. The predicted octanol–water partition coefficient (Wildman–Crippen LogP) is 2.35. The summed E-state index contributed by atoms with van der Waals surface area (Å²) in [6, 6.07) is 11.8. The van der Waals surface area contributed by atoms with Crippen molar-refractivity contribution in [1.29, 1.82) is 0 Å². The van der Waals surface area contributed by atoms with Gasteiger partial charge in [0.2, 0.25) is 11.6 Å². The largest absolute Gasteiger partial charge is 0.467 e. The van der Waals surface area contributed by atoms with Crippen LogP contribution in [0.2, 0.25) is 0 Å². The zero-order valence-corrected chi connectivity index (χ0v) is 13.4. The molecule has 0 aliphatic heterocycles. The molecule has 0 unspecified atom stereocenters. The van der Waals surface area contributed by atoms with Gasteiger partial charge in [0.25, 0.3) is 5.91 Å². The zero-order chi connectivity index (χ0) is 18.4. The Bertz CT molecular complexity index is 898. The van der Waals surface area contributed by atoms with Gasteiger partial charge in [0, 0.05) is 5.56 Å². The first-order chi connectivity index (χ1) is 12.6. The van der Waals surface area contributed by atoms with Crippen molar-refractivity contribution in [3.8, 4) is 0 Å². The summed E-state index contributed by atoms with van der Waals surface area (Å²) in [6.45, 7) is 0.209. The minimum atomic E-state index is -0.637. The number of carbonyl (C=O) groups is 1. The average Bonchev–Trinajstić information content (AvgIpc) is 3.18. The molecule has 3 aromatic rings. The van der Waals surface area contributed by atoms with E-state index < -0.39 is 16.5 Å². The second-order valence-electron chi connectivity index (χ2n) is 5.05. The molecule has 0 atom stereocenters. The lowest BCUT2D eigenvalue weighted by atomic mass is 10.2. The third-order valence-electron chi connectivity index (χ3n) is 3.35. The molecule has 0 saturated heterocycles. The second kappa shape index (κ2) is 7.75. The van der Waals surface area contributed by atoms with Crippen molar-refractivity contribution < 1.29 is 14.1 Å². The molecular formula is C16H14N6O4. The van der Waals surface area contributed by atoms with E-state index in [9.17, 15) is 14.9 Å². The minimum Gasteiger partial charge on any atom is -0.467 e. The summed E-state index contributed by atoms with van der Waals surface area (Å²) in [7, 11) is 0. The van der Waals surface area contributed by atoms with Crippen LogP contribution in [0.5, 0.6) is 0 Å². The number of hydrogen-bond donors (Lipinski definition) is 3. The smallest absolute Gasteiger partial charge is 0.354 e. The van der Waals surface area contributed by atoms with E-state index in [1.807, 2.05) is 0 Å². The number of anilines is 2. The van der Waals surface area contributed by atoms with E-state index in [0.717, 1.165) is 6.33 Å². The molecule has 132 valence electrons. The van der Waals surface area contributed by atoms with Gasteiger partial charge in [-0.05, 0) is 24.3 Å². The normalized spacial score (nSPS) is 10.2. The summed E-state index contributed by atoms with van der Waals surface area (Å²) in [5, 5.41) is 14.2. The Labute approximate surface area is 147 Å². The number of nitro groups is 1. The number of carbonyl (C=O) groups excluding carboxylic acids is 1. The van der Waals surface area contributed by atoms with Crippen molar-refractivity contribution in [2.24, 2.45) is 0 Å². The van der Waals surface area contributed by atoms with Crippen LogP contribution in [0.1, 0.15) is 16.1 Å². The maximum absolute atomic E-state index is 12.1. The van der Waals surface area contributed by atoms with E-state index >= 15 is 0 Å². The number of hydrogen-bond acceptors (Lipinski definition) is 8. The lowest BCUT2D eigenvalue weighted by molar-refractivity contribution is -0.383. The van der Waals surface area contributed by atoms with Gasteiger partial charge in [-0.25, -0.2) is 9.97 Å². The van der Waals surface area contributed by atoms with Crippen molar-refractivity contribution in [3.63, 3.8) is 0 Å². The molecule has 0 radical (unpaired) electrons. The molecule has 0 aliphatic carbocycles. The number of rotatable bonds is 7.